The van der Waals surface area contributed by atoms with Crippen LogP contribution >= 0.6 is 0 Å². The first-order chi connectivity index (χ1) is 9.72. The maximum atomic E-state index is 5.72. The molecule has 108 valence electrons. The van der Waals surface area contributed by atoms with Gasteiger partial charge in [-0.1, -0.05) is 12.0 Å². The van der Waals surface area contributed by atoms with Crippen LogP contribution in [0.3, 0.4) is 0 Å². The fourth-order valence-corrected chi connectivity index (χ4v) is 2.61. The molecule has 1 saturated heterocycles. The Morgan fingerprint density at radius 2 is 2.15 bits per heavy atom. The number of nitrogens with zero attached hydrogens (tertiary/aromatic N) is 1. The summed E-state index contributed by atoms with van der Waals surface area (Å²) >= 11 is 0. The molecule has 1 aromatic carbocycles. The second-order valence-corrected chi connectivity index (χ2v) is 5.33. The van der Waals surface area contributed by atoms with Crippen molar-refractivity contribution in [1.29, 1.82) is 0 Å². The molecule has 1 N–H and O–H groups in total. The third-order valence-corrected chi connectivity index (χ3v) is 3.70. The number of ether oxygens (including phenoxy) is 1. The highest BCUT2D eigenvalue weighted by Gasteiger charge is 2.19. The topological polar surface area (TPSA) is 24.5 Å². The van der Waals surface area contributed by atoms with E-state index in [1.165, 1.54) is 5.56 Å². The maximum absolute atomic E-state index is 5.72. The fraction of sp³-hybridized carbons (Fsp3) is 0.529. The Hall–Kier alpha value is -1.66. The van der Waals surface area contributed by atoms with E-state index in [-0.39, 0.29) is 0 Å². The number of benzene rings is 1. The largest absolute Gasteiger partial charge is 0.492 e. The predicted molar refractivity (Wildman–Crippen MR) is 84.3 cm³/mol. The van der Waals surface area contributed by atoms with E-state index in [0.29, 0.717) is 12.6 Å². The number of terminal acetylenes is 1. The normalized spacial score (nSPS) is 16.6. The van der Waals surface area contributed by atoms with E-state index in [4.69, 9.17) is 11.2 Å². The molecule has 0 radical (unpaired) electrons. The van der Waals surface area contributed by atoms with Crippen molar-refractivity contribution < 1.29 is 4.74 Å². The van der Waals surface area contributed by atoms with Gasteiger partial charge in [0.1, 0.15) is 5.75 Å². The van der Waals surface area contributed by atoms with Gasteiger partial charge in [0.15, 0.2) is 0 Å². The Bertz CT molecular complexity index is 470. The molecular weight excluding hydrogens is 248 g/mol. The summed E-state index contributed by atoms with van der Waals surface area (Å²) in [5.74, 6) is 3.68. The van der Waals surface area contributed by atoms with Gasteiger partial charge in [-0.15, -0.1) is 6.42 Å². The minimum Gasteiger partial charge on any atom is -0.492 e. The molecule has 0 saturated carbocycles. The van der Waals surface area contributed by atoms with Crippen LogP contribution in [0.25, 0.3) is 0 Å². The zero-order valence-corrected chi connectivity index (χ0v) is 12.5. The van der Waals surface area contributed by atoms with E-state index in [2.05, 4.69) is 41.3 Å². The molecule has 0 atom stereocenters. The average molecular weight is 272 g/mol. The molecule has 0 amide bonds. The number of hydrogen-bond acceptors (Lipinski definition) is 3. The second kappa shape index (κ2) is 7.21. The maximum Gasteiger partial charge on any atom is 0.142 e. The monoisotopic (exact) mass is 272 g/mol. The standard InChI is InChI=1S/C17H24N2O/c1-4-10-19-11-8-15(9-12-19)18-16-7-6-14(3)13-17(16)20-5-2/h1,6-7,13,15,18H,5,8-12H2,2-3H3. The van der Waals surface area contributed by atoms with Gasteiger partial charge < -0.3 is 10.1 Å². The SMILES string of the molecule is C#CCN1CCC(Nc2ccc(C)cc2OCC)CC1. The lowest BCUT2D eigenvalue weighted by Crippen LogP contribution is -2.39. The van der Waals surface area contributed by atoms with E-state index in [0.717, 1.165) is 43.9 Å². The van der Waals surface area contributed by atoms with Crippen molar-refractivity contribution in [2.24, 2.45) is 0 Å². The van der Waals surface area contributed by atoms with Gasteiger partial charge in [0.25, 0.3) is 0 Å². The fourth-order valence-electron chi connectivity index (χ4n) is 2.61. The van der Waals surface area contributed by atoms with Crippen LogP contribution in [-0.2, 0) is 0 Å². The van der Waals surface area contributed by atoms with Crippen LogP contribution in [0, 0.1) is 19.3 Å². The molecule has 0 unspecified atom stereocenters. The van der Waals surface area contributed by atoms with Crippen LogP contribution in [-0.4, -0.2) is 37.2 Å². The lowest BCUT2D eigenvalue weighted by molar-refractivity contribution is 0.243. The minimum atomic E-state index is 0.505. The highest BCUT2D eigenvalue weighted by Crippen LogP contribution is 2.28. The smallest absolute Gasteiger partial charge is 0.142 e. The molecule has 20 heavy (non-hydrogen) atoms. The molecule has 2 rings (SSSR count). The summed E-state index contributed by atoms with van der Waals surface area (Å²) in [6, 6.07) is 6.84. The van der Waals surface area contributed by atoms with E-state index in [9.17, 15) is 0 Å². The molecule has 1 aromatic rings. The van der Waals surface area contributed by atoms with Gasteiger partial charge >= 0.3 is 0 Å². The quantitative estimate of drug-likeness (QED) is 0.834. The van der Waals surface area contributed by atoms with Crippen LogP contribution < -0.4 is 10.1 Å². The molecular formula is C17H24N2O. The number of rotatable bonds is 5. The molecule has 3 heteroatoms. The van der Waals surface area contributed by atoms with Crippen LogP contribution in [0.2, 0.25) is 0 Å². The highest BCUT2D eigenvalue weighted by atomic mass is 16.5. The van der Waals surface area contributed by atoms with Gasteiger partial charge in [0.05, 0.1) is 18.8 Å². The Labute approximate surface area is 122 Å². The minimum absolute atomic E-state index is 0.505. The van der Waals surface area contributed by atoms with Gasteiger partial charge in [0, 0.05) is 19.1 Å². The zero-order valence-electron chi connectivity index (χ0n) is 12.5. The van der Waals surface area contributed by atoms with Gasteiger partial charge in [-0.2, -0.15) is 0 Å². The van der Waals surface area contributed by atoms with E-state index in [1.807, 2.05) is 6.92 Å². The number of piperidine rings is 1. The van der Waals surface area contributed by atoms with E-state index in [1.54, 1.807) is 0 Å². The molecule has 3 nitrogen and oxygen atoms in total. The Kier molecular flexibility index (Phi) is 5.31. The molecule has 0 spiro atoms. The zero-order chi connectivity index (χ0) is 14.4. The Balaban J connectivity index is 1.95. The second-order valence-electron chi connectivity index (χ2n) is 5.33. The summed E-state index contributed by atoms with van der Waals surface area (Å²) in [7, 11) is 0. The molecule has 1 fully saturated rings. The van der Waals surface area contributed by atoms with Crippen molar-refractivity contribution in [2.45, 2.75) is 32.7 Å². The van der Waals surface area contributed by atoms with E-state index >= 15 is 0 Å². The van der Waals surface area contributed by atoms with Crippen molar-refractivity contribution in [3.8, 4) is 18.1 Å². The molecule has 0 aromatic heterocycles. The van der Waals surface area contributed by atoms with Gasteiger partial charge in [0.2, 0.25) is 0 Å². The summed E-state index contributed by atoms with van der Waals surface area (Å²) in [5, 5.41) is 3.62. The summed E-state index contributed by atoms with van der Waals surface area (Å²) in [5.41, 5.74) is 2.33. The van der Waals surface area contributed by atoms with Crippen molar-refractivity contribution in [2.75, 3.05) is 31.6 Å². The summed E-state index contributed by atoms with van der Waals surface area (Å²) < 4.78 is 5.72. The van der Waals surface area contributed by atoms with Crippen LogP contribution in [0.5, 0.6) is 5.75 Å². The van der Waals surface area contributed by atoms with Gasteiger partial charge in [-0.05, 0) is 44.4 Å². The first kappa shape index (κ1) is 14.7. The average Bonchev–Trinajstić information content (AvgIpc) is 2.44. The number of anilines is 1. The van der Waals surface area contributed by atoms with Crippen LogP contribution in [0.1, 0.15) is 25.3 Å². The molecule has 1 aliphatic rings. The van der Waals surface area contributed by atoms with Crippen molar-refractivity contribution in [3.05, 3.63) is 23.8 Å². The first-order valence-electron chi connectivity index (χ1n) is 7.38. The van der Waals surface area contributed by atoms with Gasteiger partial charge in [-0.25, -0.2) is 0 Å². The van der Waals surface area contributed by atoms with Crippen molar-refractivity contribution >= 4 is 5.69 Å². The van der Waals surface area contributed by atoms with Crippen LogP contribution in [0.4, 0.5) is 5.69 Å². The number of aryl methyl sites for hydroxylation is 1. The Morgan fingerprint density at radius 3 is 2.80 bits per heavy atom. The summed E-state index contributed by atoms with van der Waals surface area (Å²) in [6.45, 7) is 7.70. The van der Waals surface area contributed by atoms with Crippen molar-refractivity contribution in [3.63, 3.8) is 0 Å². The first-order valence-corrected chi connectivity index (χ1v) is 7.38. The third-order valence-electron chi connectivity index (χ3n) is 3.70. The van der Waals surface area contributed by atoms with Gasteiger partial charge in [-0.3, -0.25) is 4.90 Å². The molecule has 0 aliphatic carbocycles. The van der Waals surface area contributed by atoms with E-state index < -0.39 is 0 Å². The van der Waals surface area contributed by atoms with Crippen molar-refractivity contribution in [1.82, 2.24) is 4.90 Å². The molecule has 1 aliphatic heterocycles. The number of nitrogens with one attached hydrogen (secondary N) is 1. The van der Waals surface area contributed by atoms with Crippen LogP contribution in [0.15, 0.2) is 18.2 Å². The summed E-state index contributed by atoms with van der Waals surface area (Å²) in [4.78, 5) is 2.33. The number of likely N-dealkylation sites (tertiary alicyclic amines) is 1. The lowest BCUT2D eigenvalue weighted by atomic mass is 10.0. The summed E-state index contributed by atoms with van der Waals surface area (Å²) in [6.07, 6.45) is 7.61. The molecule has 1 heterocycles. The lowest BCUT2D eigenvalue weighted by Gasteiger charge is -2.32. The predicted octanol–water partition coefficient (Wildman–Crippen LogP) is 2.90. The number of hydrogen-bond donors (Lipinski definition) is 1. The Morgan fingerprint density at radius 1 is 1.40 bits per heavy atom. The molecule has 0 bridgehead atoms. The third kappa shape index (κ3) is 3.91. The highest BCUT2D eigenvalue weighted by molar-refractivity contribution is 5.58.